The second-order valence-corrected chi connectivity index (χ2v) is 12.2. The number of thiazole rings is 1. The lowest BCUT2D eigenvalue weighted by molar-refractivity contribution is 0.992. The zero-order valence-electron chi connectivity index (χ0n) is 21.7. The molecule has 0 aliphatic carbocycles. The molecule has 0 radical (unpaired) electrons. The average Bonchev–Trinajstić information content (AvgIpc) is 3.73. The van der Waals surface area contributed by atoms with Gasteiger partial charge in [0.05, 0.1) is 26.9 Å². The van der Waals surface area contributed by atoms with Crippen LogP contribution in [0, 0.1) is 0 Å². The van der Waals surface area contributed by atoms with E-state index in [4.69, 9.17) is 15.0 Å². The van der Waals surface area contributed by atoms with Crippen LogP contribution in [-0.4, -0.2) is 19.5 Å². The molecule has 192 valence electrons. The zero-order valence-corrected chi connectivity index (χ0v) is 23.3. The van der Waals surface area contributed by atoms with Crippen LogP contribution in [0.25, 0.3) is 80.0 Å². The maximum absolute atomic E-state index is 5.12. The number of benzene rings is 5. The minimum atomic E-state index is 0.666. The van der Waals surface area contributed by atoms with Crippen LogP contribution in [0.1, 0.15) is 0 Å². The van der Waals surface area contributed by atoms with E-state index in [0.29, 0.717) is 5.95 Å². The highest BCUT2D eigenvalue weighted by Crippen LogP contribution is 2.43. The number of nitrogens with zero attached hydrogens (tertiary/aromatic N) is 4. The molecule has 0 N–H and O–H groups in total. The van der Waals surface area contributed by atoms with Crippen molar-refractivity contribution in [3.05, 3.63) is 121 Å². The number of fused-ring (bicyclic) bond motifs is 8. The van der Waals surface area contributed by atoms with Gasteiger partial charge in [0.2, 0.25) is 5.95 Å². The van der Waals surface area contributed by atoms with Crippen LogP contribution in [0.5, 0.6) is 0 Å². The van der Waals surface area contributed by atoms with E-state index in [1.54, 1.807) is 11.3 Å². The van der Waals surface area contributed by atoms with Gasteiger partial charge in [-0.05, 0) is 42.5 Å². The van der Waals surface area contributed by atoms with E-state index in [2.05, 4.69) is 108 Å². The van der Waals surface area contributed by atoms with E-state index in [9.17, 15) is 0 Å². The van der Waals surface area contributed by atoms with Crippen LogP contribution >= 0.6 is 22.7 Å². The lowest BCUT2D eigenvalue weighted by Crippen LogP contribution is -2.01. The van der Waals surface area contributed by atoms with Crippen molar-refractivity contribution >= 4 is 74.9 Å². The molecule has 4 aromatic heterocycles. The Morgan fingerprint density at radius 2 is 1.37 bits per heavy atom. The molecule has 9 rings (SSSR count). The van der Waals surface area contributed by atoms with Crippen molar-refractivity contribution in [1.82, 2.24) is 19.5 Å². The molecule has 9 aromatic rings. The number of hydrogen-bond acceptors (Lipinski definition) is 5. The fourth-order valence-electron chi connectivity index (χ4n) is 5.87. The molecule has 6 heteroatoms. The lowest BCUT2D eigenvalue weighted by Gasteiger charge is -2.09. The monoisotopic (exact) mass is 560 g/mol. The van der Waals surface area contributed by atoms with Gasteiger partial charge in [-0.2, -0.15) is 0 Å². The first kappa shape index (κ1) is 22.9. The number of rotatable bonds is 3. The summed E-state index contributed by atoms with van der Waals surface area (Å²) in [6.45, 7) is 0. The van der Waals surface area contributed by atoms with Gasteiger partial charge in [0.1, 0.15) is 5.01 Å². The maximum atomic E-state index is 5.12. The van der Waals surface area contributed by atoms with E-state index in [0.717, 1.165) is 38.4 Å². The Labute approximate surface area is 242 Å². The van der Waals surface area contributed by atoms with E-state index in [1.165, 1.54) is 35.6 Å². The fourth-order valence-corrected chi connectivity index (χ4v) is 8.10. The van der Waals surface area contributed by atoms with Gasteiger partial charge in [0.15, 0.2) is 0 Å². The van der Waals surface area contributed by atoms with E-state index >= 15 is 0 Å². The van der Waals surface area contributed by atoms with Crippen LogP contribution in [0.3, 0.4) is 0 Å². The summed E-state index contributed by atoms with van der Waals surface area (Å²) in [6.07, 6.45) is 1.86. The Bertz CT molecular complexity index is 2410. The summed E-state index contributed by atoms with van der Waals surface area (Å²) in [5.41, 5.74) is 6.26. The van der Waals surface area contributed by atoms with Crippen LogP contribution in [0.2, 0.25) is 0 Å². The van der Waals surface area contributed by atoms with Crippen LogP contribution in [0.4, 0.5) is 0 Å². The molecule has 0 amide bonds. The van der Waals surface area contributed by atoms with Crippen LogP contribution in [-0.2, 0) is 0 Å². The van der Waals surface area contributed by atoms with Crippen LogP contribution in [0.15, 0.2) is 121 Å². The summed E-state index contributed by atoms with van der Waals surface area (Å²) in [5, 5.41) is 6.08. The highest BCUT2D eigenvalue weighted by Gasteiger charge is 2.19. The first-order valence-corrected chi connectivity index (χ1v) is 15.1. The molecule has 41 heavy (non-hydrogen) atoms. The van der Waals surface area contributed by atoms with Crippen molar-refractivity contribution in [3.63, 3.8) is 0 Å². The normalized spacial score (nSPS) is 11.9. The standard InChI is InChI=1S/C35H20N4S2/c1-4-13-28-25(11-1)32-29(17-16-24-23-10-2-5-14-30(23)40-33(24)32)39(28)35-36-19-18-26(38-35)21-8-7-9-22(20-21)34-37-27-12-3-6-15-31(27)41-34/h1-20H. The average molecular weight is 561 g/mol. The van der Waals surface area contributed by atoms with Gasteiger partial charge in [-0.15, -0.1) is 22.7 Å². The minimum absolute atomic E-state index is 0.666. The van der Waals surface area contributed by atoms with Crippen LogP contribution < -0.4 is 0 Å². The highest BCUT2D eigenvalue weighted by atomic mass is 32.1. The third-order valence-corrected chi connectivity index (χ3v) is 10.0. The molecular formula is C35H20N4S2. The van der Waals surface area contributed by atoms with Crippen molar-refractivity contribution in [3.8, 4) is 27.8 Å². The van der Waals surface area contributed by atoms with Gasteiger partial charge in [-0.1, -0.05) is 72.8 Å². The second kappa shape index (κ2) is 8.80. The molecule has 0 aliphatic heterocycles. The molecule has 0 spiro atoms. The summed E-state index contributed by atoms with van der Waals surface area (Å²) in [4.78, 5) is 14.8. The summed E-state index contributed by atoms with van der Waals surface area (Å²) >= 11 is 3.57. The Morgan fingerprint density at radius 1 is 0.561 bits per heavy atom. The molecule has 0 atom stereocenters. The first-order chi connectivity index (χ1) is 20.3. The third-order valence-electron chi connectivity index (χ3n) is 7.72. The van der Waals surface area contributed by atoms with Crippen molar-refractivity contribution in [2.75, 3.05) is 0 Å². The second-order valence-electron chi connectivity index (χ2n) is 10.1. The quantitative estimate of drug-likeness (QED) is 0.216. The molecule has 0 unspecified atom stereocenters. The first-order valence-electron chi connectivity index (χ1n) is 13.4. The molecule has 0 saturated carbocycles. The molecule has 0 bridgehead atoms. The fraction of sp³-hybridized carbons (Fsp3) is 0. The maximum Gasteiger partial charge on any atom is 0.235 e. The molecule has 4 nitrogen and oxygen atoms in total. The topological polar surface area (TPSA) is 43.6 Å². The van der Waals surface area contributed by atoms with Gasteiger partial charge in [0, 0.05) is 48.3 Å². The predicted molar refractivity (Wildman–Crippen MR) is 173 cm³/mol. The summed E-state index contributed by atoms with van der Waals surface area (Å²) in [7, 11) is 0. The van der Waals surface area contributed by atoms with Gasteiger partial charge >= 0.3 is 0 Å². The molecule has 5 aromatic carbocycles. The van der Waals surface area contributed by atoms with Crippen molar-refractivity contribution in [2.45, 2.75) is 0 Å². The number of aromatic nitrogens is 4. The Balaban J connectivity index is 1.23. The number of para-hydroxylation sites is 2. The molecule has 0 fully saturated rings. The highest BCUT2D eigenvalue weighted by molar-refractivity contribution is 7.26. The molecular weight excluding hydrogens is 541 g/mol. The SMILES string of the molecule is c1cc(-c2ccnc(-n3c4ccccc4c4c5sc6ccccc6c5ccc43)n2)cc(-c2nc3ccccc3s2)c1. The van der Waals surface area contributed by atoms with Gasteiger partial charge in [0.25, 0.3) is 0 Å². The van der Waals surface area contributed by atoms with Crippen molar-refractivity contribution in [2.24, 2.45) is 0 Å². The third kappa shape index (κ3) is 3.48. The lowest BCUT2D eigenvalue weighted by atomic mass is 10.1. The largest absolute Gasteiger partial charge is 0.278 e. The Hall–Kier alpha value is -4.91. The van der Waals surface area contributed by atoms with Crippen molar-refractivity contribution in [1.29, 1.82) is 0 Å². The molecule has 4 heterocycles. The summed E-state index contributed by atoms with van der Waals surface area (Å²) in [6, 6.07) is 40.4. The zero-order chi connectivity index (χ0) is 26.9. The molecule has 0 saturated heterocycles. The van der Waals surface area contributed by atoms with Gasteiger partial charge in [-0.3, -0.25) is 4.57 Å². The van der Waals surface area contributed by atoms with E-state index in [-0.39, 0.29) is 0 Å². The summed E-state index contributed by atoms with van der Waals surface area (Å²) in [5.74, 6) is 0.666. The molecule has 0 aliphatic rings. The Morgan fingerprint density at radius 3 is 2.29 bits per heavy atom. The van der Waals surface area contributed by atoms with E-state index in [1.807, 2.05) is 29.7 Å². The van der Waals surface area contributed by atoms with Crippen molar-refractivity contribution < 1.29 is 0 Å². The minimum Gasteiger partial charge on any atom is -0.278 e. The smallest absolute Gasteiger partial charge is 0.235 e. The Kier molecular flexibility index (Phi) is 4.90. The van der Waals surface area contributed by atoms with E-state index < -0.39 is 0 Å². The van der Waals surface area contributed by atoms with Gasteiger partial charge < -0.3 is 0 Å². The predicted octanol–water partition coefficient (Wildman–Crippen LogP) is 9.89. The number of hydrogen-bond donors (Lipinski definition) is 0. The van der Waals surface area contributed by atoms with Gasteiger partial charge in [-0.25, -0.2) is 15.0 Å². The summed E-state index contributed by atoms with van der Waals surface area (Å²) < 4.78 is 6.00. The number of thiophene rings is 1.